The van der Waals surface area contributed by atoms with Gasteiger partial charge in [-0.15, -0.1) is 0 Å². The van der Waals surface area contributed by atoms with E-state index in [2.05, 4.69) is 34.9 Å². The van der Waals surface area contributed by atoms with Crippen molar-refractivity contribution >= 4 is 20.1 Å². The fourth-order valence-corrected chi connectivity index (χ4v) is 1.53. The first-order valence-electron chi connectivity index (χ1n) is 5.89. The second kappa shape index (κ2) is 16.0. The molecule has 0 saturated heterocycles. The molecule has 2 aromatic carbocycles. The van der Waals surface area contributed by atoms with Gasteiger partial charge in [0.2, 0.25) is 0 Å². The van der Waals surface area contributed by atoms with Crippen LogP contribution in [0.1, 0.15) is 0 Å². The topological polar surface area (TPSA) is 64.2 Å². The Morgan fingerprint density at radius 1 is 0.810 bits per heavy atom. The van der Waals surface area contributed by atoms with Gasteiger partial charge in [0.1, 0.15) is 0 Å². The monoisotopic (exact) mass is 356 g/mol. The van der Waals surface area contributed by atoms with Gasteiger partial charge in [0.15, 0.2) is 0 Å². The zero-order valence-electron chi connectivity index (χ0n) is 11.8. The number of para-hydroxylation sites is 2. The summed E-state index contributed by atoms with van der Waals surface area (Å²) < 4.78 is 8.35. The second-order valence-electron chi connectivity index (χ2n) is 3.66. The van der Waals surface area contributed by atoms with Crippen LogP contribution in [0, 0.1) is 0 Å². The Labute approximate surface area is 159 Å². The molecule has 4 nitrogen and oxygen atoms in total. The Kier molecular flexibility index (Phi) is 17.4. The van der Waals surface area contributed by atoms with Crippen molar-refractivity contribution in [2.24, 2.45) is 0 Å². The minimum Gasteiger partial charge on any atom is -0.772 e. The third-order valence-electron chi connectivity index (χ3n) is 2.33. The first kappa shape index (κ1) is 22.9. The van der Waals surface area contributed by atoms with Crippen LogP contribution in [0.2, 0.25) is 0 Å². The van der Waals surface area contributed by atoms with E-state index in [4.69, 9.17) is 9.46 Å². The Hall–Kier alpha value is -0.406. The van der Waals surface area contributed by atoms with Crippen LogP contribution in [0.15, 0.2) is 60.7 Å². The van der Waals surface area contributed by atoms with Crippen LogP contribution in [0.25, 0.3) is 0 Å². The van der Waals surface area contributed by atoms with Gasteiger partial charge in [0.05, 0.1) is 8.69 Å². The third kappa shape index (κ3) is 11.9. The predicted molar refractivity (Wildman–Crippen MR) is 77.5 cm³/mol. The molecular formula is C14H16N2NaNiO2P. The molecule has 0 unspecified atom stereocenters. The molecule has 110 valence electrons. The van der Waals surface area contributed by atoms with Gasteiger partial charge >= 0.3 is 29.6 Å². The first-order chi connectivity index (χ1) is 9.36. The molecule has 2 N–H and O–H groups in total. The van der Waals surface area contributed by atoms with Gasteiger partial charge in [-0.1, -0.05) is 36.4 Å². The zero-order chi connectivity index (χ0) is 13.8. The summed E-state index contributed by atoms with van der Waals surface area (Å²) in [6.07, 6.45) is 0. The molecule has 0 bridgehead atoms. The van der Waals surface area contributed by atoms with E-state index in [1.165, 1.54) is 0 Å². The van der Waals surface area contributed by atoms with Crippen molar-refractivity contribution < 1.29 is 55.5 Å². The molecule has 0 amide bonds. The maximum absolute atomic E-state index is 8.35. The van der Waals surface area contributed by atoms with Gasteiger partial charge in [-0.05, 0) is 24.3 Å². The number of anilines is 2. The normalized spacial score (nSPS) is 8.43. The van der Waals surface area contributed by atoms with E-state index in [1.807, 2.05) is 36.4 Å². The summed E-state index contributed by atoms with van der Waals surface area (Å²) in [5.74, 6) is 0. The van der Waals surface area contributed by atoms with Crippen LogP contribution in [0.3, 0.4) is 0 Å². The number of hydrogen-bond acceptors (Lipinski definition) is 4. The minimum absolute atomic E-state index is 0. The zero-order valence-corrected chi connectivity index (χ0v) is 15.6. The maximum atomic E-state index is 8.35. The van der Waals surface area contributed by atoms with Gasteiger partial charge in [-0.2, -0.15) is 0 Å². The number of rotatable bonds is 5. The van der Waals surface area contributed by atoms with Crippen molar-refractivity contribution in [3.63, 3.8) is 0 Å². The molecule has 0 radical (unpaired) electrons. The standard InChI is InChI=1S/C14H16N2.Na.Ni.HO2P/c1-3-7-13(8-4-1)15-11-12-16-14-9-5-2-6-10-14;;;1-3-2/h1-10,15-16H,11-12H2;;;(H,1,2)/q;+1;;/p-1. The third-order valence-corrected chi connectivity index (χ3v) is 2.33. The van der Waals surface area contributed by atoms with Crippen molar-refractivity contribution in [2.75, 3.05) is 23.7 Å². The second-order valence-corrected chi connectivity index (χ2v) is 3.81. The quantitative estimate of drug-likeness (QED) is 0.441. The van der Waals surface area contributed by atoms with E-state index in [1.54, 1.807) is 0 Å². The smallest absolute Gasteiger partial charge is 0.772 e. The molecule has 21 heavy (non-hydrogen) atoms. The predicted octanol–water partition coefficient (Wildman–Crippen LogP) is -0.234. The molecule has 0 atom stereocenters. The Balaban J connectivity index is 0. The van der Waals surface area contributed by atoms with Crippen LogP contribution < -0.4 is 45.1 Å². The van der Waals surface area contributed by atoms with E-state index in [0.29, 0.717) is 0 Å². The average molecular weight is 357 g/mol. The summed E-state index contributed by atoms with van der Waals surface area (Å²) in [6.45, 7) is 1.83. The molecule has 7 heteroatoms. The Bertz CT molecular complexity index is 422. The molecule has 0 aliphatic heterocycles. The van der Waals surface area contributed by atoms with Gasteiger partial charge in [0, 0.05) is 41.0 Å². The van der Waals surface area contributed by atoms with Gasteiger partial charge in [-0.25, -0.2) is 0 Å². The van der Waals surface area contributed by atoms with Crippen LogP contribution in [0.5, 0.6) is 0 Å². The molecule has 0 aliphatic carbocycles. The van der Waals surface area contributed by atoms with Gasteiger partial charge < -0.3 is 15.5 Å². The fraction of sp³-hybridized carbons (Fsp3) is 0.143. The SMILES string of the molecule is O=P[O-].[Na+].[Ni].c1ccc(NCCNc2ccccc2)cc1. The molecule has 0 heterocycles. The minimum atomic E-state index is -1.08. The summed E-state index contributed by atoms with van der Waals surface area (Å²) in [5, 5.41) is 6.70. The Morgan fingerprint density at radius 3 is 1.38 bits per heavy atom. The number of nitrogens with one attached hydrogen (secondary N) is 2. The molecule has 0 spiro atoms. The van der Waals surface area contributed by atoms with E-state index >= 15 is 0 Å². The maximum Gasteiger partial charge on any atom is 1.00 e. The van der Waals surface area contributed by atoms with E-state index in [-0.39, 0.29) is 46.0 Å². The van der Waals surface area contributed by atoms with Crippen LogP contribution in [-0.4, -0.2) is 13.1 Å². The van der Waals surface area contributed by atoms with Crippen LogP contribution in [-0.2, 0) is 21.1 Å². The number of hydrogen-bond donors (Lipinski definition) is 2. The van der Waals surface area contributed by atoms with Crippen molar-refractivity contribution in [1.29, 1.82) is 0 Å². The molecule has 2 rings (SSSR count). The van der Waals surface area contributed by atoms with Crippen LogP contribution in [0.4, 0.5) is 11.4 Å². The molecule has 0 fully saturated rings. The summed E-state index contributed by atoms with van der Waals surface area (Å²) in [7, 11) is -1.08. The van der Waals surface area contributed by atoms with Crippen molar-refractivity contribution in [1.82, 2.24) is 0 Å². The number of benzene rings is 2. The van der Waals surface area contributed by atoms with Gasteiger partial charge in [0.25, 0.3) is 0 Å². The summed E-state index contributed by atoms with van der Waals surface area (Å²) >= 11 is 0. The average Bonchev–Trinajstić information content (AvgIpc) is 2.47. The molecule has 0 aliphatic rings. The van der Waals surface area contributed by atoms with E-state index in [9.17, 15) is 0 Å². The van der Waals surface area contributed by atoms with E-state index < -0.39 is 8.69 Å². The Morgan fingerprint density at radius 2 is 1.10 bits per heavy atom. The summed E-state index contributed by atoms with van der Waals surface area (Å²) in [4.78, 5) is 8.35. The first-order valence-corrected chi connectivity index (χ1v) is 6.62. The van der Waals surface area contributed by atoms with Gasteiger partial charge in [-0.3, -0.25) is 4.57 Å². The molecular weight excluding hydrogens is 341 g/mol. The molecule has 2 aromatic rings. The summed E-state index contributed by atoms with van der Waals surface area (Å²) in [5.41, 5.74) is 2.33. The van der Waals surface area contributed by atoms with Crippen molar-refractivity contribution in [3.8, 4) is 0 Å². The fourth-order valence-electron chi connectivity index (χ4n) is 1.53. The van der Waals surface area contributed by atoms with Crippen LogP contribution >= 0.6 is 8.69 Å². The van der Waals surface area contributed by atoms with Crippen molar-refractivity contribution in [2.45, 2.75) is 0 Å². The summed E-state index contributed by atoms with van der Waals surface area (Å²) in [6, 6.07) is 20.5. The molecule has 0 aromatic heterocycles. The van der Waals surface area contributed by atoms with Crippen molar-refractivity contribution in [3.05, 3.63) is 60.7 Å². The van der Waals surface area contributed by atoms with E-state index in [0.717, 1.165) is 24.5 Å². The molecule has 0 saturated carbocycles. The largest absolute Gasteiger partial charge is 1.00 e.